The first-order chi connectivity index (χ1) is 14.4. The molecule has 162 valence electrons. The third-order valence-electron chi connectivity index (χ3n) is 4.96. The third-order valence-corrected chi connectivity index (χ3v) is 6.50. The average molecular weight is 433 g/mol. The first kappa shape index (κ1) is 22.1. The lowest BCUT2D eigenvalue weighted by atomic mass is 10.0. The molecule has 1 amide bonds. The summed E-state index contributed by atoms with van der Waals surface area (Å²) >= 11 is 0. The summed E-state index contributed by atoms with van der Waals surface area (Å²) in [6, 6.07) is 13.3. The van der Waals surface area contributed by atoms with Crippen molar-refractivity contribution in [3.05, 3.63) is 54.1 Å². The summed E-state index contributed by atoms with van der Waals surface area (Å²) in [5.74, 6) is 1.32. The summed E-state index contributed by atoms with van der Waals surface area (Å²) in [7, 11) is -3.61. The van der Waals surface area contributed by atoms with Gasteiger partial charge in [-0.15, -0.1) is 0 Å². The van der Waals surface area contributed by atoms with E-state index in [4.69, 9.17) is 9.47 Å². The maximum Gasteiger partial charge on any atom is 0.253 e. The van der Waals surface area contributed by atoms with Gasteiger partial charge < -0.3 is 14.4 Å². The molecule has 30 heavy (non-hydrogen) atoms. The summed E-state index contributed by atoms with van der Waals surface area (Å²) in [5.41, 5.74) is 0.604. The largest absolute Gasteiger partial charge is 0.494 e. The predicted octanol–water partition coefficient (Wildman–Crippen LogP) is 3.07. The van der Waals surface area contributed by atoms with Crippen LogP contribution in [0.3, 0.4) is 0 Å². The Balaban J connectivity index is 1.55. The Morgan fingerprint density at radius 2 is 1.43 bits per heavy atom. The van der Waals surface area contributed by atoms with Gasteiger partial charge in [-0.1, -0.05) is 0 Å². The molecule has 2 aromatic carbocycles. The Morgan fingerprint density at radius 3 is 1.93 bits per heavy atom. The van der Waals surface area contributed by atoms with Crippen LogP contribution in [0, 0.1) is 0 Å². The highest BCUT2D eigenvalue weighted by molar-refractivity contribution is 7.89. The standard InChI is InChI=1S/C22H28N2O5S/c1-3-28-19-7-5-17(6-8-19)22(25)24-15-13-18(14-16-24)23-30(26,27)21-11-9-20(10-12-21)29-4-2/h5-12,18,23H,3-4,13-16H2,1-2H3. The van der Waals surface area contributed by atoms with E-state index in [0.29, 0.717) is 50.5 Å². The first-order valence-electron chi connectivity index (χ1n) is 10.2. The monoisotopic (exact) mass is 432 g/mol. The van der Waals surface area contributed by atoms with Crippen LogP contribution in [0.4, 0.5) is 0 Å². The average Bonchev–Trinajstić information content (AvgIpc) is 2.75. The highest BCUT2D eigenvalue weighted by Crippen LogP contribution is 2.20. The Hall–Kier alpha value is -2.58. The van der Waals surface area contributed by atoms with Gasteiger partial charge in [-0.05, 0) is 75.2 Å². The van der Waals surface area contributed by atoms with E-state index in [0.717, 1.165) is 5.75 Å². The maximum absolute atomic E-state index is 12.7. The van der Waals surface area contributed by atoms with Crippen molar-refractivity contribution in [1.29, 1.82) is 0 Å². The zero-order valence-electron chi connectivity index (χ0n) is 17.3. The number of rotatable bonds is 8. The molecule has 7 nitrogen and oxygen atoms in total. The second-order valence-corrected chi connectivity index (χ2v) is 8.76. The molecule has 1 heterocycles. The molecule has 0 spiro atoms. The molecule has 1 fully saturated rings. The number of carbonyl (C=O) groups excluding carboxylic acids is 1. The number of likely N-dealkylation sites (tertiary alicyclic amines) is 1. The number of nitrogens with zero attached hydrogens (tertiary/aromatic N) is 1. The van der Waals surface area contributed by atoms with Crippen molar-refractivity contribution < 1.29 is 22.7 Å². The van der Waals surface area contributed by atoms with Crippen molar-refractivity contribution in [2.24, 2.45) is 0 Å². The molecule has 0 radical (unpaired) electrons. The van der Waals surface area contributed by atoms with Gasteiger partial charge in [0.05, 0.1) is 18.1 Å². The number of ether oxygens (including phenoxy) is 2. The van der Waals surface area contributed by atoms with Gasteiger partial charge in [0.1, 0.15) is 11.5 Å². The summed E-state index contributed by atoms with van der Waals surface area (Å²) in [5, 5.41) is 0. The maximum atomic E-state index is 12.7. The van der Waals surface area contributed by atoms with Crippen LogP contribution in [0.1, 0.15) is 37.0 Å². The van der Waals surface area contributed by atoms with Crippen molar-refractivity contribution in [3.63, 3.8) is 0 Å². The SMILES string of the molecule is CCOc1ccc(C(=O)N2CCC(NS(=O)(=O)c3ccc(OCC)cc3)CC2)cc1. The van der Waals surface area contributed by atoms with Crippen LogP contribution < -0.4 is 14.2 Å². The number of carbonyl (C=O) groups is 1. The zero-order valence-corrected chi connectivity index (χ0v) is 18.2. The highest BCUT2D eigenvalue weighted by Gasteiger charge is 2.27. The second kappa shape index (κ2) is 9.95. The third kappa shape index (κ3) is 5.52. The molecule has 1 aliphatic rings. The van der Waals surface area contributed by atoms with Crippen LogP contribution in [-0.4, -0.2) is 51.6 Å². The molecule has 0 aliphatic carbocycles. The molecule has 1 N–H and O–H groups in total. The van der Waals surface area contributed by atoms with Gasteiger partial charge in [0.15, 0.2) is 0 Å². The molecule has 0 aromatic heterocycles. The molecule has 8 heteroatoms. The van der Waals surface area contributed by atoms with E-state index in [9.17, 15) is 13.2 Å². The van der Waals surface area contributed by atoms with Gasteiger partial charge in [0, 0.05) is 24.7 Å². The fourth-order valence-corrected chi connectivity index (χ4v) is 4.72. The molecule has 0 bridgehead atoms. The van der Waals surface area contributed by atoms with Gasteiger partial charge in [-0.3, -0.25) is 4.79 Å². The molecule has 3 rings (SSSR count). The van der Waals surface area contributed by atoms with Gasteiger partial charge in [-0.25, -0.2) is 13.1 Å². The minimum Gasteiger partial charge on any atom is -0.494 e. The molecule has 1 aliphatic heterocycles. The Bertz CT molecular complexity index is 934. The number of piperidine rings is 1. The van der Waals surface area contributed by atoms with E-state index >= 15 is 0 Å². The Morgan fingerprint density at radius 1 is 0.933 bits per heavy atom. The summed E-state index contributed by atoms with van der Waals surface area (Å²) < 4.78 is 38.8. The summed E-state index contributed by atoms with van der Waals surface area (Å²) in [6.45, 7) is 5.89. The fraction of sp³-hybridized carbons (Fsp3) is 0.409. The Labute approximate surface area is 178 Å². The molecule has 0 unspecified atom stereocenters. The summed E-state index contributed by atoms with van der Waals surface area (Å²) in [4.78, 5) is 14.7. The number of nitrogens with one attached hydrogen (secondary N) is 1. The molecule has 2 aromatic rings. The zero-order chi connectivity index (χ0) is 21.6. The van der Waals surface area contributed by atoms with Crippen molar-refractivity contribution in [1.82, 2.24) is 9.62 Å². The minimum atomic E-state index is -3.61. The molecule has 1 saturated heterocycles. The summed E-state index contributed by atoms with van der Waals surface area (Å²) in [6.07, 6.45) is 1.14. The molecular formula is C22H28N2O5S. The van der Waals surface area contributed by atoms with Gasteiger partial charge >= 0.3 is 0 Å². The smallest absolute Gasteiger partial charge is 0.253 e. The lowest BCUT2D eigenvalue weighted by Gasteiger charge is -2.32. The fourth-order valence-electron chi connectivity index (χ4n) is 3.41. The van der Waals surface area contributed by atoms with Crippen molar-refractivity contribution in [2.75, 3.05) is 26.3 Å². The topological polar surface area (TPSA) is 84.9 Å². The molecule has 0 atom stereocenters. The van der Waals surface area contributed by atoms with Crippen LogP contribution in [0.25, 0.3) is 0 Å². The van der Waals surface area contributed by atoms with Crippen molar-refractivity contribution in [2.45, 2.75) is 37.6 Å². The van der Waals surface area contributed by atoms with E-state index in [-0.39, 0.29) is 16.8 Å². The lowest BCUT2D eigenvalue weighted by Crippen LogP contribution is -2.46. The van der Waals surface area contributed by atoms with E-state index in [2.05, 4.69) is 4.72 Å². The highest BCUT2D eigenvalue weighted by atomic mass is 32.2. The van der Waals surface area contributed by atoms with Crippen LogP contribution in [-0.2, 0) is 10.0 Å². The quantitative estimate of drug-likeness (QED) is 0.693. The number of amides is 1. The number of benzene rings is 2. The minimum absolute atomic E-state index is 0.0501. The number of sulfonamides is 1. The van der Waals surface area contributed by atoms with Crippen molar-refractivity contribution in [3.8, 4) is 11.5 Å². The van der Waals surface area contributed by atoms with E-state index < -0.39 is 10.0 Å². The number of hydrogen-bond donors (Lipinski definition) is 1. The van der Waals surface area contributed by atoms with E-state index in [1.54, 1.807) is 41.3 Å². The van der Waals surface area contributed by atoms with E-state index in [1.807, 2.05) is 13.8 Å². The second-order valence-electron chi connectivity index (χ2n) is 7.05. The number of hydrogen-bond acceptors (Lipinski definition) is 5. The van der Waals surface area contributed by atoms with Crippen LogP contribution in [0.2, 0.25) is 0 Å². The van der Waals surface area contributed by atoms with Gasteiger partial charge in [0.2, 0.25) is 10.0 Å². The van der Waals surface area contributed by atoms with Crippen LogP contribution >= 0.6 is 0 Å². The Kier molecular flexibility index (Phi) is 7.33. The predicted molar refractivity (Wildman–Crippen MR) is 114 cm³/mol. The normalized spacial score (nSPS) is 15.1. The first-order valence-corrected chi connectivity index (χ1v) is 11.7. The van der Waals surface area contributed by atoms with Crippen LogP contribution in [0.5, 0.6) is 11.5 Å². The van der Waals surface area contributed by atoms with E-state index in [1.165, 1.54) is 12.1 Å². The van der Waals surface area contributed by atoms with Crippen LogP contribution in [0.15, 0.2) is 53.4 Å². The van der Waals surface area contributed by atoms with Gasteiger partial charge in [0.25, 0.3) is 5.91 Å². The van der Waals surface area contributed by atoms with Gasteiger partial charge in [-0.2, -0.15) is 0 Å². The molecule has 0 saturated carbocycles. The molecular weight excluding hydrogens is 404 g/mol. The van der Waals surface area contributed by atoms with Crippen molar-refractivity contribution >= 4 is 15.9 Å². The lowest BCUT2D eigenvalue weighted by molar-refractivity contribution is 0.0711.